The first kappa shape index (κ1) is 13.5. The van der Waals surface area contributed by atoms with Crippen molar-refractivity contribution in [2.24, 2.45) is 5.16 Å². The van der Waals surface area contributed by atoms with Gasteiger partial charge in [-0.15, -0.1) is 11.3 Å². The third-order valence-electron chi connectivity index (χ3n) is 2.98. The summed E-state index contributed by atoms with van der Waals surface area (Å²) in [5.41, 5.74) is 0.713. The number of hydrogen-bond donors (Lipinski definition) is 0. The summed E-state index contributed by atoms with van der Waals surface area (Å²) in [5, 5.41) is 4.92. The average Bonchev–Trinajstić information content (AvgIpc) is 2.48. The molecular formula is C16H11NO3S. The lowest BCUT2D eigenvalue weighted by Gasteiger charge is -2.01. The van der Waals surface area contributed by atoms with E-state index in [1.165, 1.54) is 13.1 Å². The lowest BCUT2D eigenvalue weighted by Crippen LogP contribution is -2.01. The number of fused-ring (bicyclic) bond motifs is 2. The molecule has 0 unspecified atom stereocenters. The Bertz CT molecular complexity index is 928. The average molecular weight is 297 g/mol. The van der Waals surface area contributed by atoms with Gasteiger partial charge in [0, 0.05) is 27.1 Å². The molecule has 21 heavy (non-hydrogen) atoms. The van der Waals surface area contributed by atoms with Gasteiger partial charge in [-0.2, -0.15) is 0 Å². The first-order valence-corrected chi connectivity index (χ1v) is 7.13. The zero-order chi connectivity index (χ0) is 14.8. The number of oxime groups is 1. The Balaban J connectivity index is 2.15. The van der Waals surface area contributed by atoms with E-state index in [2.05, 4.69) is 9.99 Å². The number of nitrogens with zero attached hydrogens (tertiary/aromatic N) is 1. The summed E-state index contributed by atoms with van der Waals surface area (Å²) in [5.74, 6) is -0.482. The minimum Gasteiger partial charge on any atom is -0.319 e. The predicted octanol–water partition coefficient (Wildman–Crippen LogP) is 3.31. The van der Waals surface area contributed by atoms with E-state index in [9.17, 15) is 9.59 Å². The number of benzene rings is 2. The minimum absolute atomic E-state index is 0.00193. The molecule has 0 radical (unpaired) electrons. The fraction of sp³-hybridized carbons (Fsp3) is 0.0625. The molecule has 0 bridgehead atoms. The standard InChI is InChI=1S/C16H11NO3S/c1-10(18)20-17-9-11-6-7-15-13(8-11)16(19)12-4-2-3-5-14(12)21-15/h2-9H,1H3. The van der Waals surface area contributed by atoms with Crippen LogP contribution in [0.4, 0.5) is 0 Å². The van der Waals surface area contributed by atoms with Crippen LogP contribution in [0.2, 0.25) is 0 Å². The molecule has 0 saturated carbocycles. The number of hydrogen-bond acceptors (Lipinski definition) is 5. The van der Waals surface area contributed by atoms with Crippen LogP contribution in [0.3, 0.4) is 0 Å². The van der Waals surface area contributed by atoms with Crippen molar-refractivity contribution in [2.45, 2.75) is 6.92 Å². The Morgan fingerprint density at radius 1 is 1.14 bits per heavy atom. The van der Waals surface area contributed by atoms with Gasteiger partial charge in [0.2, 0.25) is 0 Å². The lowest BCUT2D eigenvalue weighted by atomic mass is 10.1. The molecule has 5 heteroatoms. The highest BCUT2D eigenvalue weighted by atomic mass is 32.1. The van der Waals surface area contributed by atoms with Gasteiger partial charge in [-0.1, -0.05) is 23.4 Å². The third kappa shape index (κ3) is 2.68. The zero-order valence-electron chi connectivity index (χ0n) is 11.2. The monoisotopic (exact) mass is 297 g/mol. The van der Waals surface area contributed by atoms with Crippen LogP contribution in [0.1, 0.15) is 12.5 Å². The Labute approximate surface area is 124 Å². The summed E-state index contributed by atoms with van der Waals surface area (Å²) in [4.78, 5) is 27.7. The first-order valence-electron chi connectivity index (χ1n) is 6.32. The summed E-state index contributed by atoms with van der Waals surface area (Å²) in [6.45, 7) is 1.28. The van der Waals surface area contributed by atoms with Gasteiger partial charge in [0.1, 0.15) is 0 Å². The van der Waals surface area contributed by atoms with Gasteiger partial charge in [-0.05, 0) is 29.8 Å². The Kier molecular flexibility index (Phi) is 3.50. The van der Waals surface area contributed by atoms with Gasteiger partial charge in [0.15, 0.2) is 5.43 Å². The van der Waals surface area contributed by atoms with E-state index < -0.39 is 5.97 Å². The fourth-order valence-corrected chi connectivity index (χ4v) is 3.11. The Morgan fingerprint density at radius 3 is 2.71 bits per heavy atom. The van der Waals surface area contributed by atoms with Gasteiger partial charge in [-0.25, -0.2) is 4.79 Å². The highest BCUT2D eigenvalue weighted by molar-refractivity contribution is 7.24. The lowest BCUT2D eigenvalue weighted by molar-refractivity contribution is -0.140. The smallest absolute Gasteiger partial charge is 0.319 e. The molecule has 0 spiro atoms. The van der Waals surface area contributed by atoms with Crippen molar-refractivity contribution < 1.29 is 9.63 Å². The highest BCUT2D eigenvalue weighted by Crippen LogP contribution is 2.24. The molecule has 0 aliphatic carbocycles. The van der Waals surface area contributed by atoms with Crippen LogP contribution in [0, 0.1) is 0 Å². The second-order valence-corrected chi connectivity index (χ2v) is 5.58. The van der Waals surface area contributed by atoms with E-state index in [1.54, 1.807) is 17.4 Å². The summed E-state index contributed by atoms with van der Waals surface area (Å²) in [6, 6.07) is 13.0. The van der Waals surface area contributed by atoms with Crippen molar-refractivity contribution >= 4 is 43.7 Å². The maximum atomic E-state index is 12.5. The third-order valence-corrected chi connectivity index (χ3v) is 4.13. The van der Waals surface area contributed by atoms with Crippen molar-refractivity contribution in [1.29, 1.82) is 0 Å². The molecule has 4 nitrogen and oxygen atoms in total. The molecule has 0 saturated heterocycles. The van der Waals surface area contributed by atoms with Crippen LogP contribution in [0.25, 0.3) is 20.2 Å². The highest BCUT2D eigenvalue weighted by Gasteiger charge is 2.05. The fourth-order valence-electron chi connectivity index (χ4n) is 2.06. The van der Waals surface area contributed by atoms with Gasteiger partial charge >= 0.3 is 5.97 Å². The van der Waals surface area contributed by atoms with Crippen molar-refractivity contribution in [3.8, 4) is 0 Å². The topological polar surface area (TPSA) is 55.7 Å². The van der Waals surface area contributed by atoms with E-state index in [0.29, 0.717) is 16.3 Å². The maximum Gasteiger partial charge on any atom is 0.331 e. The molecule has 104 valence electrons. The van der Waals surface area contributed by atoms with Crippen LogP contribution in [0.15, 0.2) is 52.4 Å². The maximum absolute atomic E-state index is 12.5. The molecule has 0 atom stereocenters. The van der Waals surface area contributed by atoms with E-state index >= 15 is 0 Å². The number of carbonyl (C=O) groups excluding carboxylic acids is 1. The first-order chi connectivity index (χ1) is 10.1. The summed E-state index contributed by atoms with van der Waals surface area (Å²) in [6.07, 6.45) is 1.42. The van der Waals surface area contributed by atoms with Crippen LogP contribution >= 0.6 is 11.3 Å². The predicted molar refractivity (Wildman–Crippen MR) is 85.0 cm³/mol. The van der Waals surface area contributed by atoms with Crippen molar-refractivity contribution in [2.75, 3.05) is 0 Å². The zero-order valence-corrected chi connectivity index (χ0v) is 12.0. The van der Waals surface area contributed by atoms with Crippen molar-refractivity contribution in [3.63, 3.8) is 0 Å². The normalized spacial score (nSPS) is 11.3. The Hall–Kier alpha value is -2.53. The Morgan fingerprint density at radius 2 is 1.90 bits per heavy atom. The summed E-state index contributed by atoms with van der Waals surface area (Å²) < 4.78 is 1.89. The molecule has 0 fully saturated rings. The number of rotatable bonds is 2. The molecular weight excluding hydrogens is 286 g/mol. The van der Waals surface area contributed by atoms with Crippen molar-refractivity contribution in [3.05, 3.63) is 58.3 Å². The van der Waals surface area contributed by atoms with Crippen LogP contribution in [-0.2, 0) is 9.63 Å². The largest absolute Gasteiger partial charge is 0.331 e. The second-order valence-electron chi connectivity index (χ2n) is 4.50. The van der Waals surface area contributed by atoms with Gasteiger partial charge < -0.3 is 4.84 Å². The molecule has 3 aromatic rings. The molecule has 0 N–H and O–H groups in total. The van der Waals surface area contributed by atoms with Crippen molar-refractivity contribution in [1.82, 2.24) is 0 Å². The van der Waals surface area contributed by atoms with E-state index in [0.717, 1.165) is 9.40 Å². The molecule has 0 aliphatic heterocycles. The second kappa shape index (κ2) is 5.46. The molecule has 3 rings (SSSR count). The van der Waals surface area contributed by atoms with E-state index in [4.69, 9.17) is 0 Å². The van der Waals surface area contributed by atoms with Gasteiger partial charge in [0.05, 0.1) is 6.21 Å². The molecule has 2 aromatic carbocycles. The molecule has 1 aromatic heterocycles. The van der Waals surface area contributed by atoms with Gasteiger partial charge in [-0.3, -0.25) is 4.79 Å². The minimum atomic E-state index is -0.482. The summed E-state index contributed by atoms with van der Waals surface area (Å²) in [7, 11) is 0. The molecule has 0 aliphatic rings. The number of carbonyl (C=O) groups is 1. The summed E-state index contributed by atoms with van der Waals surface area (Å²) >= 11 is 1.57. The quantitative estimate of drug-likeness (QED) is 0.315. The SMILES string of the molecule is CC(=O)ON=Cc1ccc2sc3ccccc3c(=O)c2c1. The molecule has 1 heterocycles. The van der Waals surface area contributed by atoms with Crippen LogP contribution in [-0.4, -0.2) is 12.2 Å². The molecule has 0 amide bonds. The van der Waals surface area contributed by atoms with Gasteiger partial charge in [0.25, 0.3) is 0 Å². The van der Waals surface area contributed by atoms with E-state index in [-0.39, 0.29) is 5.43 Å². The van der Waals surface area contributed by atoms with E-state index in [1.807, 2.05) is 36.4 Å². The van der Waals surface area contributed by atoms with Crippen LogP contribution < -0.4 is 5.43 Å². The van der Waals surface area contributed by atoms with Crippen LogP contribution in [0.5, 0.6) is 0 Å².